The summed E-state index contributed by atoms with van der Waals surface area (Å²) in [5, 5.41) is 18.4. The molecule has 0 saturated carbocycles. The van der Waals surface area contributed by atoms with Crippen molar-refractivity contribution >= 4 is 17.4 Å². The van der Waals surface area contributed by atoms with Gasteiger partial charge in [0.05, 0.1) is 17.7 Å². The van der Waals surface area contributed by atoms with Crippen molar-refractivity contribution < 1.29 is 18.0 Å². The van der Waals surface area contributed by atoms with Gasteiger partial charge in [0.15, 0.2) is 11.7 Å². The minimum absolute atomic E-state index is 0.127. The second-order valence-electron chi connectivity index (χ2n) is 6.90. The number of carbonyl (C=O) groups is 1. The van der Waals surface area contributed by atoms with Crippen molar-refractivity contribution in [1.29, 1.82) is 5.26 Å². The molecule has 9 heteroatoms. The molecule has 2 atom stereocenters. The van der Waals surface area contributed by atoms with Crippen molar-refractivity contribution in [3.8, 4) is 6.07 Å². The highest BCUT2D eigenvalue weighted by Crippen LogP contribution is 2.43. The molecule has 152 valence electrons. The van der Waals surface area contributed by atoms with Gasteiger partial charge >= 0.3 is 6.18 Å². The first-order valence-corrected chi connectivity index (χ1v) is 9.14. The van der Waals surface area contributed by atoms with Gasteiger partial charge in [-0.2, -0.15) is 23.5 Å². The minimum atomic E-state index is -4.52. The number of nitrogens with one attached hydrogen (secondary N) is 2. The van der Waals surface area contributed by atoms with Crippen LogP contribution in [0.4, 0.5) is 24.7 Å². The molecule has 0 fully saturated rings. The number of fused-ring (bicyclic) bond motifs is 1. The fraction of sp³-hybridized carbons (Fsp3) is 0.190. The minimum Gasteiger partial charge on any atom is -0.363 e. The van der Waals surface area contributed by atoms with Crippen LogP contribution in [0.3, 0.4) is 0 Å². The molecular weight excluding hydrogens is 395 g/mol. The third kappa shape index (κ3) is 3.85. The second kappa shape index (κ2) is 7.55. The third-order valence-corrected chi connectivity index (χ3v) is 4.90. The Morgan fingerprint density at radius 3 is 2.50 bits per heavy atom. The largest absolute Gasteiger partial charge is 0.410 e. The van der Waals surface area contributed by atoms with Crippen LogP contribution in [0.5, 0.6) is 0 Å². The molecule has 3 aromatic rings. The second-order valence-corrected chi connectivity index (χ2v) is 6.90. The van der Waals surface area contributed by atoms with E-state index in [0.29, 0.717) is 11.3 Å². The number of alkyl halides is 3. The van der Waals surface area contributed by atoms with Crippen LogP contribution in [0.25, 0.3) is 0 Å². The van der Waals surface area contributed by atoms with E-state index in [-0.39, 0.29) is 17.9 Å². The summed E-state index contributed by atoms with van der Waals surface area (Å²) in [7, 11) is 0. The number of nitrogens with zero attached hydrogens (tertiary/aromatic N) is 3. The lowest BCUT2D eigenvalue weighted by molar-refractivity contribution is -0.173. The van der Waals surface area contributed by atoms with E-state index in [2.05, 4.69) is 15.7 Å². The fourth-order valence-corrected chi connectivity index (χ4v) is 3.41. The summed E-state index contributed by atoms with van der Waals surface area (Å²) < 4.78 is 42.0. The fourth-order valence-electron chi connectivity index (χ4n) is 3.41. The molecule has 1 aromatic heterocycles. The van der Waals surface area contributed by atoms with Gasteiger partial charge in [-0.3, -0.25) is 4.79 Å². The monoisotopic (exact) mass is 411 g/mol. The summed E-state index contributed by atoms with van der Waals surface area (Å²) in [4.78, 5) is 12.5. The van der Waals surface area contributed by atoms with Crippen LogP contribution >= 0.6 is 0 Å². The van der Waals surface area contributed by atoms with E-state index in [4.69, 9.17) is 5.26 Å². The first kappa shape index (κ1) is 19.5. The molecule has 2 heterocycles. The molecule has 0 aliphatic carbocycles. The van der Waals surface area contributed by atoms with Gasteiger partial charge in [0.1, 0.15) is 5.82 Å². The molecule has 2 N–H and O–H groups in total. The highest BCUT2D eigenvalue weighted by molar-refractivity contribution is 6.03. The molecule has 1 aliphatic rings. The summed E-state index contributed by atoms with van der Waals surface area (Å²) in [5.74, 6) is -0.511. The zero-order valence-corrected chi connectivity index (χ0v) is 15.5. The third-order valence-electron chi connectivity index (χ3n) is 4.90. The predicted octanol–water partition coefficient (Wildman–Crippen LogP) is 4.67. The number of benzene rings is 2. The van der Waals surface area contributed by atoms with Crippen molar-refractivity contribution in [2.75, 3.05) is 10.6 Å². The van der Waals surface area contributed by atoms with Crippen molar-refractivity contribution in [1.82, 2.24) is 9.78 Å². The van der Waals surface area contributed by atoms with Crippen molar-refractivity contribution in [3.05, 3.63) is 77.5 Å². The van der Waals surface area contributed by atoms with E-state index in [0.717, 1.165) is 10.2 Å². The van der Waals surface area contributed by atoms with E-state index < -0.39 is 24.2 Å². The molecule has 1 aliphatic heterocycles. The smallest absolute Gasteiger partial charge is 0.363 e. The zero-order valence-electron chi connectivity index (χ0n) is 15.5. The Morgan fingerprint density at radius 1 is 1.17 bits per heavy atom. The Kier molecular flexibility index (Phi) is 4.91. The first-order chi connectivity index (χ1) is 14.3. The Balaban J connectivity index is 1.62. The Bertz CT molecular complexity index is 1100. The normalized spacial score (nSPS) is 18.1. The summed E-state index contributed by atoms with van der Waals surface area (Å²) >= 11 is 0. The standard InChI is InChI=1S/C21H16F3N5O/c22-21(23,24)18-10-16(14-4-2-1-3-5-14)27-19-11-17(28-29(18)19)20(30)26-15-8-6-13(12-25)7-9-15/h1-9,11,16,18,27H,10H2,(H,26,30)/t16-,18-/m0/s1. The van der Waals surface area contributed by atoms with Crippen LogP contribution in [0.2, 0.25) is 0 Å². The van der Waals surface area contributed by atoms with Gasteiger partial charge in [-0.05, 0) is 29.8 Å². The van der Waals surface area contributed by atoms with Gasteiger partial charge in [0, 0.05) is 18.2 Å². The van der Waals surface area contributed by atoms with Gasteiger partial charge in [-0.15, -0.1) is 0 Å². The van der Waals surface area contributed by atoms with Crippen LogP contribution in [-0.2, 0) is 0 Å². The van der Waals surface area contributed by atoms with Gasteiger partial charge in [0.2, 0.25) is 0 Å². The average Bonchev–Trinajstić information content (AvgIpc) is 3.18. The Morgan fingerprint density at radius 2 is 1.87 bits per heavy atom. The predicted molar refractivity (Wildman–Crippen MR) is 104 cm³/mol. The zero-order chi connectivity index (χ0) is 21.3. The quantitative estimate of drug-likeness (QED) is 0.656. The molecule has 30 heavy (non-hydrogen) atoms. The van der Waals surface area contributed by atoms with E-state index in [9.17, 15) is 18.0 Å². The molecule has 0 unspecified atom stereocenters. The number of anilines is 2. The molecule has 4 rings (SSSR count). The van der Waals surface area contributed by atoms with Crippen LogP contribution in [0.15, 0.2) is 60.7 Å². The molecule has 0 radical (unpaired) electrons. The van der Waals surface area contributed by atoms with Crippen LogP contribution < -0.4 is 10.6 Å². The number of amides is 1. The lowest BCUT2D eigenvalue weighted by Gasteiger charge is -2.33. The number of aromatic nitrogens is 2. The van der Waals surface area contributed by atoms with Crippen LogP contribution in [0.1, 0.15) is 40.1 Å². The lowest BCUT2D eigenvalue weighted by atomic mass is 9.97. The first-order valence-electron chi connectivity index (χ1n) is 9.14. The van der Waals surface area contributed by atoms with E-state index in [1.54, 1.807) is 30.3 Å². The molecular formula is C21H16F3N5O. The highest BCUT2D eigenvalue weighted by atomic mass is 19.4. The SMILES string of the molecule is N#Cc1ccc(NC(=O)c2cc3n(n2)[C@H](C(F)(F)F)C[C@@H](c2ccccc2)N3)cc1. The molecule has 0 saturated heterocycles. The molecule has 0 spiro atoms. The number of hydrogen-bond acceptors (Lipinski definition) is 4. The number of halogens is 3. The van der Waals surface area contributed by atoms with E-state index >= 15 is 0 Å². The van der Waals surface area contributed by atoms with Gasteiger partial charge < -0.3 is 10.6 Å². The topological polar surface area (TPSA) is 82.7 Å². The molecule has 2 aromatic carbocycles. The maximum Gasteiger partial charge on any atom is 0.410 e. The maximum atomic E-state index is 13.7. The van der Waals surface area contributed by atoms with Crippen LogP contribution in [0, 0.1) is 11.3 Å². The van der Waals surface area contributed by atoms with E-state index in [1.165, 1.54) is 30.3 Å². The van der Waals surface area contributed by atoms with E-state index in [1.807, 2.05) is 6.07 Å². The Labute approximate surface area is 169 Å². The van der Waals surface area contributed by atoms with Gasteiger partial charge in [-0.1, -0.05) is 30.3 Å². The molecule has 1 amide bonds. The lowest BCUT2D eigenvalue weighted by Crippen LogP contribution is -2.35. The van der Waals surface area contributed by atoms with Gasteiger partial charge in [0.25, 0.3) is 5.91 Å². The number of nitriles is 1. The number of hydrogen-bond donors (Lipinski definition) is 2. The number of rotatable bonds is 3. The Hall–Kier alpha value is -3.80. The molecule has 0 bridgehead atoms. The molecule has 6 nitrogen and oxygen atoms in total. The highest BCUT2D eigenvalue weighted by Gasteiger charge is 2.46. The summed E-state index contributed by atoms with van der Waals surface area (Å²) in [5.41, 5.74) is 1.43. The van der Waals surface area contributed by atoms with Crippen molar-refractivity contribution in [2.24, 2.45) is 0 Å². The maximum absolute atomic E-state index is 13.7. The number of carbonyl (C=O) groups excluding carboxylic acids is 1. The van der Waals surface area contributed by atoms with Crippen molar-refractivity contribution in [3.63, 3.8) is 0 Å². The summed E-state index contributed by atoms with van der Waals surface area (Å²) in [6, 6.07) is 15.8. The van der Waals surface area contributed by atoms with Gasteiger partial charge in [-0.25, -0.2) is 4.68 Å². The van der Waals surface area contributed by atoms with Crippen molar-refractivity contribution in [2.45, 2.75) is 24.7 Å². The summed E-state index contributed by atoms with van der Waals surface area (Å²) in [6.45, 7) is 0. The summed E-state index contributed by atoms with van der Waals surface area (Å²) in [6.07, 6.45) is -4.75. The average molecular weight is 411 g/mol. The van der Waals surface area contributed by atoms with Crippen LogP contribution in [-0.4, -0.2) is 21.9 Å².